The van der Waals surface area contributed by atoms with E-state index in [1.807, 2.05) is 31.3 Å². The quantitative estimate of drug-likeness (QED) is 0.565. The Hall–Kier alpha value is -2.12. The molecular formula is C22H34N4O3. The van der Waals surface area contributed by atoms with Gasteiger partial charge in [-0.05, 0) is 49.8 Å². The highest BCUT2D eigenvalue weighted by atomic mass is 16.5. The number of benzene rings is 1. The Morgan fingerprint density at radius 2 is 2.10 bits per heavy atom. The molecule has 0 aliphatic carbocycles. The van der Waals surface area contributed by atoms with Crippen LogP contribution in [0.25, 0.3) is 0 Å². The average molecular weight is 403 g/mol. The van der Waals surface area contributed by atoms with E-state index in [2.05, 4.69) is 20.5 Å². The van der Waals surface area contributed by atoms with Gasteiger partial charge >= 0.3 is 0 Å². The minimum Gasteiger partial charge on any atom is -0.376 e. The van der Waals surface area contributed by atoms with Crippen LogP contribution in [0.1, 0.15) is 44.6 Å². The molecule has 2 aliphatic rings. The van der Waals surface area contributed by atoms with Crippen LogP contribution in [0.4, 0.5) is 5.69 Å². The molecule has 1 aromatic carbocycles. The summed E-state index contributed by atoms with van der Waals surface area (Å²) in [5.41, 5.74) is 1.91. The molecule has 0 saturated carbocycles. The van der Waals surface area contributed by atoms with Crippen LogP contribution in [0, 0.1) is 0 Å². The lowest BCUT2D eigenvalue weighted by molar-refractivity contribution is -0.114. The molecule has 2 saturated heterocycles. The summed E-state index contributed by atoms with van der Waals surface area (Å²) in [5.74, 6) is 0.843. The fourth-order valence-corrected chi connectivity index (χ4v) is 3.89. The van der Waals surface area contributed by atoms with E-state index < -0.39 is 0 Å². The largest absolute Gasteiger partial charge is 0.376 e. The normalized spacial score (nSPS) is 21.1. The van der Waals surface area contributed by atoms with Crippen LogP contribution in [-0.2, 0) is 20.8 Å². The number of carbonyl (C=O) groups is 1. The van der Waals surface area contributed by atoms with Crippen LogP contribution in [0.5, 0.6) is 0 Å². The first kappa shape index (κ1) is 21.6. The van der Waals surface area contributed by atoms with Gasteiger partial charge < -0.3 is 25.0 Å². The zero-order chi connectivity index (χ0) is 20.5. The molecule has 160 valence electrons. The third-order valence-corrected chi connectivity index (χ3v) is 5.44. The first-order valence-electron chi connectivity index (χ1n) is 10.7. The second kappa shape index (κ2) is 11.2. The number of nitrogens with zero attached hydrogens (tertiary/aromatic N) is 2. The van der Waals surface area contributed by atoms with Crippen molar-refractivity contribution in [3.63, 3.8) is 0 Å². The number of guanidine groups is 1. The summed E-state index contributed by atoms with van der Waals surface area (Å²) in [6.07, 6.45) is 6.16. The number of aliphatic imine (C=N–C) groups is 1. The summed E-state index contributed by atoms with van der Waals surface area (Å²) in [5, 5.41) is 6.26. The number of ether oxygens (including phenoxy) is 2. The van der Waals surface area contributed by atoms with Crippen molar-refractivity contribution in [3.8, 4) is 0 Å². The SMILES string of the molecule is CN=C(NCc1cccc(NC(C)=O)c1)N1CCC(OCC2CCCCO2)CC1. The summed E-state index contributed by atoms with van der Waals surface area (Å²) in [4.78, 5) is 18.0. The number of hydrogen-bond acceptors (Lipinski definition) is 4. The smallest absolute Gasteiger partial charge is 0.221 e. The molecule has 2 N–H and O–H groups in total. The summed E-state index contributed by atoms with van der Waals surface area (Å²) < 4.78 is 11.9. The number of piperidine rings is 1. The molecular weight excluding hydrogens is 368 g/mol. The highest BCUT2D eigenvalue weighted by Gasteiger charge is 2.23. The van der Waals surface area contributed by atoms with E-state index in [-0.39, 0.29) is 12.0 Å². The van der Waals surface area contributed by atoms with Gasteiger partial charge in [0, 0.05) is 45.9 Å². The van der Waals surface area contributed by atoms with Crippen molar-refractivity contribution >= 4 is 17.6 Å². The van der Waals surface area contributed by atoms with Crippen LogP contribution in [0.3, 0.4) is 0 Å². The Labute approximate surface area is 173 Å². The molecule has 0 bridgehead atoms. The Morgan fingerprint density at radius 3 is 2.79 bits per heavy atom. The minimum atomic E-state index is -0.0638. The summed E-state index contributed by atoms with van der Waals surface area (Å²) in [6.45, 7) is 5.64. The molecule has 2 fully saturated rings. The van der Waals surface area contributed by atoms with Crippen molar-refractivity contribution < 1.29 is 14.3 Å². The second-order valence-electron chi connectivity index (χ2n) is 7.79. The number of amides is 1. The van der Waals surface area contributed by atoms with Gasteiger partial charge in [0.25, 0.3) is 0 Å². The van der Waals surface area contributed by atoms with Crippen molar-refractivity contribution in [2.75, 3.05) is 38.7 Å². The number of anilines is 1. The van der Waals surface area contributed by atoms with E-state index >= 15 is 0 Å². The molecule has 29 heavy (non-hydrogen) atoms. The van der Waals surface area contributed by atoms with Crippen molar-refractivity contribution in [1.29, 1.82) is 0 Å². The summed E-state index contributed by atoms with van der Waals surface area (Å²) in [7, 11) is 1.82. The summed E-state index contributed by atoms with van der Waals surface area (Å²) in [6, 6.07) is 7.86. The molecule has 7 heteroatoms. The average Bonchev–Trinajstić information content (AvgIpc) is 2.74. The Kier molecular flexibility index (Phi) is 8.31. The van der Waals surface area contributed by atoms with Gasteiger partial charge in [0.1, 0.15) is 0 Å². The molecule has 0 aromatic heterocycles. The monoisotopic (exact) mass is 402 g/mol. The number of carbonyl (C=O) groups excluding carboxylic acids is 1. The van der Waals surface area contributed by atoms with Crippen LogP contribution in [-0.4, -0.2) is 62.3 Å². The predicted octanol–water partition coefficient (Wildman–Crippen LogP) is 2.77. The Bertz CT molecular complexity index is 680. The molecule has 1 amide bonds. The Morgan fingerprint density at radius 1 is 1.28 bits per heavy atom. The van der Waals surface area contributed by atoms with E-state index in [0.717, 1.165) is 62.8 Å². The van der Waals surface area contributed by atoms with E-state index in [4.69, 9.17) is 9.47 Å². The fourth-order valence-electron chi connectivity index (χ4n) is 3.89. The van der Waals surface area contributed by atoms with E-state index in [1.54, 1.807) is 0 Å². The lowest BCUT2D eigenvalue weighted by Gasteiger charge is -2.35. The Balaban J connectivity index is 1.41. The highest BCUT2D eigenvalue weighted by Crippen LogP contribution is 2.18. The molecule has 3 rings (SSSR count). The number of likely N-dealkylation sites (tertiary alicyclic amines) is 1. The van der Waals surface area contributed by atoms with Crippen LogP contribution < -0.4 is 10.6 Å². The standard InChI is InChI=1S/C22H34N4O3/c1-17(27)25-19-7-5-6-18(14-19)15-24-22(23-2)26-11-9-20(10-12-26)29-16-21-8-3-4-13-28-21/h5-7,14,20-21H,3-4,8-13,15-16H2,1-2H3,(H,23,24)(H,25,27). The third-order valence-electron chi connectivity index (χ3n) is 5.44. The second-order valence-corrected chi connectivity index (χ2v) is 7.79. The maximum atomic E-state index is 11.2. The van der Waals surface area contributed by atoms with Crippen LogP contribution in [0.2, 0.25) is 0 Å². The third kappa shape index (κ3) is 7.01. The fraction of sp³-hybridized carbons (Fsp3) is 0.636. The zero-order valence-electron chi connectivity index (χ0n) is 17.7. The number of nitrogens with one attached hydrogen (secondary N) is 2. The molecule has 1 atom stereocenters. The molecule has 2 aliphatic heterocycles. The lowest BCUT2D eigenvalue weighted by Crippen LogP contribution is -2.47. The maximum absolute atomic E-state index is 11.2. The lowest BCUT2D eigenvalue weighted by atomic mass is 10.1. The molecule has 1 aromatic rings. The molecule has 0 spiro atoms. The van der Waals surface area contributed by atoms with Gasteiger partial charge in [-0.15, -0.1) is 0 Å². The van der Waals surface area contributed by atoms with Gasteiger partial charge in [-0.2, -0.15) is 0 Å². The van der Waals surface area contributed by atoms with Crippen molar-refractivity contribution in [1.82, 2.24) is 10.2 Å². The number of rotatable bonds is 6. The van der Waals surface area contributed by atoms with Crippen molar-refractivity contribution in [2.24, 2.45) is 4.99 Å². The van der Waals surface area contributed by atoms with E-state index in [0.29, 0.717) is 12.6 Å². The van der Waals surface area contributed by atoms with Gasteiger partial charge in [0.05, 0.1) is 18.8 Å². The van der Waals surface area contributed by atoms with E-state index in [1.165, 1.54) is 19.8 Å². The van der Waals surface area contributed by atoms with Crippen molar-refractivity contribution in [3.05, 3.63) is 29.8 Å². The van der Waals surface area contributed by atoms with E-state index in [9.17, 15) is 4.79 Å². The van der Waals surface area contributed by atoms with Crippen LogP contribution >= 0.6 is 0 Å². The minimum absolute atomic E-state index is 0.0638. The molecule has 2 heterocycles. The van der Waals surface area contributed by atoms with Gasteiger partial charge in [0.15, 0.2) is 5.96 Å². The first-order chi connectivity index (χ1) is 14.1. The van der Waals surface area contributed by atoms with Gasteiger partial charge in [-0.1, -0.05) is 12.1 Å². The highest BCUT2D eigenvalue weighted by molar-refractivity contribution is 5.88. The first-order valence-corrected chi connectivity index (χ1v) is 10.7. The predicted molar refractivity (Wildman–Crippen MR) is 115 cm³/mol. The molecule has 7 nitrogen and oxygen atoms in total. The van der Waals surface area contributed by atoms with Gasteiger partial charge in [-0.25, -0.2) is 0 Å². The maximum Gasteiger partial charge on any atom is 0.221 e. The van der Waals surface area contributed by atoms with Gasteiger partial charge in [0.2, 0.25) is 5.91 Å². The zero-order valence-corrected chi connectivity index (χ0v) is 17.7. The number of hydrogen-bond donors (Lipinski definition) is 2. The topological polar surface area (TPSA) is 75.2 Å². The van der Waals surface area contributed by atoms with Crippen molar-refractivity contribution in [2.45, 2.75) is 57.8 Å². The molecule has 0 radical (unpaired) electrons. The summed E-state index contributed by atoms with van der Waals surface area (Å²) >= 11 is 0. The van der Waals surface area contributed by atoms with Gasteiger partial charge in [-0.3, -0.25) is 9.79 Å². The molecule has 1 unspecified atom stereocenters. The van der Waals surface area contributed by atoms with Crippen LogP contribution in [0.15, 0.2) is 29.3 Å².